The zero-order valence-corrected chi connectivity index (χ0v) is 12.3. The predicted octanol–water partition coefficient (Wildman–Crippen LogP) is 4.53. The van der Waals surface area contributed by atoms with Gasteiger partial charge in [-0.15, -0.1) is 0 Å². The fraction of sp³-hybridized carbons (Fsp3) is 0.643. The van der Waals surface area contributed by atoms with Crippen molar-refractivity contribution in [1.82, 2.24) is 4.98 Å². The van der Waals surface area contributed by atoms with E-state index >= 15 is 0 Å². The van der Waals surface area contributed by atoms with Crippen molar-refractivity contribution < 1.29 is 0 Å². The van der Waals surface area contributed by atoms with Gasteiger partial charge in [-0.3, -0.25) is 0 Å². The molecule has 0 aliphatic heterocycles. The van der Waals surface area contributed by atoms with Crippen molar-refractivity contribution >= 4 is 21.7 Å². The second-order valence-electron chi connectivity index (χ2n) is 5.49. The summed E-state index contributed by atoms with van der Waals surface area (Å²) < 4.78 is 1.08. The number of halogens is 1. The molecule has 1 aliphatic carbocycles. The lowest BCUT2D eigenvalue weighted by molar-refractivity contribution is 0.233. The van der Waals surface area contributed by atoms with Gasteiger partial charge in [0, 0.05) is 11.0 Å². The lowest BCUT2D eigenvalue weighted by Crippen LogP contribution is -2.29. The van der Waals surface area contributed by atoms with E-state index in [0.717, 1.165) is 22.5 Å². The normalized spacial score (nSPS) is 19.0. The quantitative estimate of drug-likeness (QED) is 0.886. The minimum absolute atomic E-state index is 0.459. The molecule has 0 amide bonds. The Morgan fingerprint density at radius 1 is 1.29 bits per heavy atom. The van der Waals surface area contributed by atoms with E-state index < -0.39 is 0 Å². The number of rotatable bonds is 3. The van der Waals surface area contributed by atoms with E-state index in [1.165, 1.54) is 32.1 Å². The number of nitrogens with one attached hydrogen (secondary N) is 1. The molecule has 0 aromatic carbocycles. The fourth-order valence-electron chi connectivity index (χ4n) is 2.53. The lowest BCUT2D eigenvalue weighted by atomic mass is 9.76. The maximum atomic E-state index is 4.53. The van der Waals surface area contributed by atoms with Crippen LogP contribution in [-0.2, 0) is 0 Å². The first-order chi connectivity index (χ1) is 8.09. The summed E-state index contributed by atoms with van der Waals surface area (Å²) in [5, 5.41) is 3.49. The number of hydrogen-bond acceptors (Lipinski definition) is 2. The minimum atomic E-state index is 0.459. The molecule has 1 aliphatic rings. The maximum absolute atomic E-state index is 4.53. The number of nitrogens with zero attached hydrogens (tertiary/aromatic N) is 1. The van der Waals surface area contributed by atoms with Gasteiger partial charge in [0.05, 0.1) is 5.69 Å². The Bertz CT molecular complexity index is 384. The molecular weight excluding hydrogens is 276 g/mol. The smallest absolute Gasteiger partial charge is 0.126 e. The highest BCUT2D eigenvalue weighted by molar-refractivity contribution is 9.10. The Morgan fingerprint density at radius 3 is 2.65 bits per heavy atom. The summed E-state index contributed by atoms with van der Waals surface area (Å²) in [6.07, 6.45) is 6.85. The predicted molar refractivity (Wildman–Crippen MR) is 76.4 cm³/mol. The third kappa shape index (κ3) is 3.44. The van der Waals surface area contributed by atoms with Gasteiger partial charge in [0.15, 0.2) is 0 Å². The van der Waals surface area contributed by atoms with Crippen LogP contribution in [0.4, 0.5) is 5.82 Å². The first kappa shape index (κ1) is 12.9. The molecule has 0 radical (unpaired) electrons. The van der Waals surface area contributed by atoms with Crippen LogP contribution in [0.15, 0.2) is 16.6 Å². The molecule has 17 heavy (non-hydrogen) atoms. The van der Waals surface area contributed by atoms with Crippen LogP contribution in [0.3, 0.4) is 0 Å². The molecule has 1 heterocycles. The first-order valence-electron chi connectivity index (χ1n) is 6.46. The van der Waals surface area contributed by atoms with Gasteiger partial charge in [-0.05, 0) is 53.2 Å². The molecule has 1 aromatic heterocycles. The number of anilines is 1. The molecule has 2 rings (SSSR count). The number of aromatic nitrogens is 1. The average Bonchev–Trinajstić information content (AvgIpc) is 2.32. The standard InChI is InChI=1S/C14H21BrN2/c1-11-12(15)6-7-13(17-11)16-10-14(2)8-4-3-5-9-14/h6-7H,3-5,8-10H2,1-2H3,(H,16,17). The monoisotopic (exact) mass is 296 g/mol. The van der Waals surface area contributed by atoms with Gasteiger partial charge >= 0.3 is 0 Å². The van der Waals surface area contributed by atoms with Gasteiger partial charge in [-0.25, -0.2) is 4.98 Å². The molecule has 1 fully saturated rings. The van der Waals surface area contributed by atoms with Crippen LogP contribution < -0.4 is 5.32 Å². The topological polar surface area (TPSA) is 24.9 Å². The molecule has 0 saturated heterocycles. The van der Waals surface area contributed by atoms with E-state index in [-0.39, 0.29) is 0 Å². The van der Waals surface area contributed by atoms with Gasteiger partial charge < -0.3 is 5.32 Å². The Kier molecular flexibility index (Phi) is 4.08. The second kappa shape index (κ2) is 5.38. The first-order valence-corrected chi connectivity index (χ1v) is 7.25. The van der Waals surface area contributed by atoms with E-state index in [1.807, 2.05) is 13.0 Å². The summed E-state index contributed by atoms with van der Waals surface area (Å²) in [6, 6.07) is 4.11. The van der Waals surface area contributed by atoms with Crippen molar-refractivity contribution in [3.8, 4) is 0 Å². The molecule has 0 bridgehead atoms. The number of hydrogen-bond donors (Lipinski definition) is 1. The van der Waals surface area contributed by atoms with Crippen molar-refractivity contribution in [2.75, 3.05) is 11.9 Å². The second-order valence-corrected chi connectivity index (χ2v) is 6.34. The summed E-state index contributed by atoms with van der Waals surface area (Å²) in [7, 11) is 0. The van der Waals surface area contributed by atoms with E-state index in [2.05, 4.69) is 39.2 Å². The van der Waals surface area contributed by atoms with Crippen molar-refractivity contribution in [2.24, 2.45) is 5.41 Å². The summed E-state index contributed by atoms with van der Waals surface area (Å²) in [6.45, 7) is 5.46. The molecule has 1 N–H and O–H groups in total. The highest BCUT2D eigenvalue weighted by Crippen LogP contribution is 2.35. The van der Waals surface area contributed by atoms with Crippen LogP contribution >= 0.6 is 15.9 Å². The zero-order valence-electron chi connectivity index (χ0n) is 10.7. The van der Waals surface area contributed by atoms with Gasteiger partial charge in [0.2, 0.25) is 0 Å². The third-order valence-electron chi connectivity index (χ3n) is 3.78. The Hall–Kier alpha value is -0.570. The lowest BCUT2D eigenvalue weighted by Gasteiger charge is -2.33. The van der Waals surface area contributed by atoms with Gasteiger partial charge in [-0.2, -0.15) is 0 Å². The van der Waals surface area contributed by atoms with Crippen LogP contribution in [0.5, 0.6) is 0 Å². The highest BCUT2D eigenvalue weighted by atomic mass is 79.9. The summed E-state index contributed by atoms with van der Waals surface area (Å²) >= 11 is 3.48. The van der Waals surface area contributed by atoms with Crippen molar-refractivity contribution in [1.29, 1.82) is 0 Å². The molecule has 0 atom stereocenters. The third-order valence-corrected chi connectivity index (χ3v) is 4.62. The summed E-state index contributed by atoms with van der Waals surface area (Å²) in [5.41, 5.74) is 1.50. The molecule has 3 heteroatoms. The van der Waals surface area contributed by atoms with Crippen LogP contribution in [0.25, 0.3) is 0 Å². The fourth-order valence-corrected chi connectivity index (χ4v) is 2.75. The highest BCUT2D eigenvalue weighted by Gasteiger charge is 2.26. The van der Waals surface area contributed by atoms with E-state index in [4.69, 9.17) is 0 Å². The Labute approximate surface area is 112 Å². The average molecular weight is 297 g/mol. The summed E-state index contributed by atoms with van der Waals surface area (Å²) in [5.74, 6) is 0.998. The van der Waals surface area contributed by atoms with Crippen LogP contribution in [-0.4, -0.2) is 11.5 Å². The zero-order chi connectivity index (χ0) is 12.3. The van der Waals surface area contributed by atoms with Crippen LogP contribution in [0, 0.1) is 12.3 Å². The Morgan fingerprint density at radius 2 is 2.00 bits per heavy atom. The van der Waals surface area contributed by atoms with Crippen LogP contribution in [0.2, 0.25) is 0 Å². The minimum Gasteiger partial charge on any atom is -0.370 e. The molecule has 2 nitrogen and oxygen atoms in total. The van der Waals surface area contributed by atoms with E-state index in [9.17, 15) is 0 Å². The van der Waals surface area contributed by atoms with Crippen LogP contribution in [0.1, 0.15) is 44.7 Å². The molecule has 1 aromatic rings. The van der Waals surface area contributed by atoms with Gasteiger partial charge in [-0.1, -0.05) is 26.2 Å². The maximum Gasteiger partial charge on any atom is 0.126 e. The number of pyridine rings is 1. The molecular formula is C14H21BrN2. The summed E-state index contributed by atoms with van der Waals surface area (Å²) in [4.78, 5) is 4.53. The molecule has 0 unspecified atom stereocenters. The van der Waals surface area contributed by atoms with E-state index in [1.54, 1.807) is 0 Å². The van der Waals surface area contributed by atoms with E-state index in [0.29, 0.717) is 5.41 Å². The largest absolute Gasteiger partial charge is 0.370 e. The molecule has 1 saturated carbocycles. The van der Waals surface area contributed by atoms with Crippen molar-refractivity contribution in [3.05, 3.63) is 22.3 Å². The SMILES string of the molecule is Cc1nc(NCC2(C)CCCCC2)ccc1Br. The molecule has 94 valence electrons. The van der Waals surface area contributed by atoms with Gasteiger partial charge in [0.1, 0.15) is 5.82 Å². The molecule has 0 spiro atoms. The van der Waals surface area contributed by atoms with Crippen molar-refractivity contribution in [2.45, 2.75) is 46.0 Å². The van der Waals surface area contributed by atoms with Gasteiger partial charge in [0.25, 0.3) is 0 Å². The van der Waals surface area contributed by atoms with Crippen molar-refractivity contribution in [3.63, 3.8) is 0 Å². The Balaban J connectivity index is 1.94. The number of aryl methyl sites for hydroxylation is 1.